The normalized spacial score (nSPS) is 13.7. The summed E-state index contributed by atoms with van der Waals surface area (Å²) >= 11 is 7.51. The van der Waals surface area contributed by atoms with Crippen LogP contribution in [-0.4, -0.2) is 70.2 Å². The fraction of sp³-hybridized carbons (Fsp3) is 0.280. The first-order valence-electron chi connectivity index (χ1n) is 11.2. The summed E-state index contributed by atoms with van der Waals surface area (Å²) in [7, 11) is 0. The SMILES string of the molecule is NC(=O)c1ccc(Sc2cnc(N3CCN(CC#CCO)CC3)nc2OCc2cccc(Cl)c2)cn1. The Hall–Kier alpha value is -3.36. The Morgan fingerprint density at radius 3 is 2.67 bits per heavy atom. The highest BCUT2D eigenvalue weighted by Gasteiger charge is 2.20. The van der Waals surface area contributed by atoms with Crippen LogP contribution in [-0.2, 0) is 6.61 Å². The van der Waals surface area contributed by atoms with Crippen molar-refractivity contribution in [2.75, 3.05) is 44.2 Å². The molecular weight excluding hydrogens is 500 g/mol. The zero-order valence-corrected chi connectivity index (χ0v) is 21.0. The molecule has 0 spiro atoms. The highest BCUT2D eigenvalue weighted by Crippen LogP contribution is 2.34. The van der Waals surface area contributed by atoms with Crippen LogP contribution in [0.15, 0.2) is 58.6 Å². The van der Waals surface area contributed by atoms with Crippen LogP contribution >= 0.6 is 23.4 Å². The number of halogens is 1. The summed E-state index contributed by atoms with van der Waals surface area (Å²) in [4.78, 5) is 30.6. The molecule has 0 bridgehead atoms. The lowest BCUT2D eigenvalue weighted by molar-refractivity contribution is 0.0995. The van der Waals surface area contributed by atoms with Gasteiger partial charge in [0.25, 0.3) is 5.91 Å². The fourth-order valence-corrected chi connectivity index (χ4v) is 4.50. The van der Waals surface area contributed by atoms with Crippen LogP contribution in [0.1, 0.15) is 16.1 Å². The number of nitrogens with zero attached hydrogens (tertiary/aromatic N) is 5. The molecule has 186 valence electrons. The molecule has 1 aromatic carbocycles. The molecule has 1 aliphatic heterocycles. The van der Waals surface area contributed by atoms with E-state index in [-0.39, 0.29) is 12.3 Å². The summed E-state index contributed by atoms with van der Waals surface area (Å²) in [6, 6.07) is 10.8. The van der Waals surface area contributed by atoms with Gasteiger partial charge in [-0.25, -0.2) is 9.97 Å². The molecule has 1 fully saturated rings. The van der Waals surface area contributed by atoms with E-state index in [9.17, 15) is 4.79 Å². The summed E-state index contributed by atoms with van der Waals surface area (Å²) in [6.45, 7) is 3.93. The quantitative estimate of drug-likeness (QED) is 0.428. The van der Waals surface area contributed by atoms with Crippen LogP contribution in [0.4, 0.5) is 5.95 Å². The predicted molar refractivity (Wildman–Crippen MR) is 138 cm³/mol. The molecule has 0 aliphatic carbocycles. The summed E-state index contributed by atoms with van der Waals surface area (Å²) < 4.78 is 6.13. The third-order valence-electron chi connectivity index (χ3n) is 5.35. The van der Waals surface area contributed by atoms with Gasteiger partial charge in [0.15, 0.2) is 0 Å². The maximum atomic E-state index is 11.3. The molecule has 1 saturated heterocycles. The standard InChI is InChI=1S/C25H25ClN6O3S/c26-19-5-3-4-18(14-19)17-35-24-22(36-20-6-7-21(23(27)34)28-15-20)16-29-25(30-24)32-11-9-31(10-12-32)8-1-2-13-33/h3-7,14-16,33H,8-13,17H2,(H2,27,34). The van der Waals surface area contributed by atoms with Crippen molar-refractivity contribution < 1.29 is 14.6 Å². The number of piperazine rings is 1. The number of nitrogens with two attached hydrogens (primary N) is 1. The summed E-state index contributed by atoms with van der Waals surface area (Å²) in [5.41, 5.74) is 6.41. The van der Waals surface area contributed by atoms with Crippen LogP contribution in [0.25, 0.3) is 0 Å². The number of aliphatic hydroxyl groups is 1. The van der Waals surface area contributed by atoms with Gasteiger partial charge in [-0.3, -0.25) is 9.69 Å². The third kappa shape index (κ3) is 7.08. The summed E-state index contributed by atoms with van der Waals surface area (Å²) in [6.07, 6.45) is 3.32. The van der Waals surface area contributed by atoms with Crippen molar-refractivity contribution in [1.29, 1.82) is 0 Å². The first kappa shape index (κ1) is 25.7. The van der Waals surface area contributed by atoms with Crippen LogP contribution in [0, 0.1) is 11.8 Å². The Morgan fingerprint density at radius 2 is 1.97 bits per heavy atom. The van der Waals surface area contributed by atoms with Gasteiger partial charge in [0.1, 0.15) is 18.9 Å². The zero-order chi connectivity index (χ0) is 25.3. The molecule has 1 amide bonds. The number of hydrogen-bond acceptors (Lipinski definition) is 9. The number of pyridine rings is 1. The Balaban J connectivity index is 1.51. The maximum Gasteiger partial charge on any atom is 0.267 e. The van der Waals surface area contributed by atoms with Gasteiger partial charge in [0.2, 0.25) is 11.8 Å². The minimum atomic E-state index is -0.578. The molecule has 0 atom stereocenters. The van der Waals surface area contributed by atoms with Gasteiger partial charge in [-0.2, -0.15) is 4.98 Å². The Labute approximate surface area is 218 Å². The number of hydrogen-bond donors (Lipinski definition) is 2. The van der Waals surface area contributed by atoms with Gasteiger partial charge >= 0.3 is 0 Å². The molecular formula is C25H25ClN6O3S. The van der Waals surface area contributed by atoms with Crippen LogP contribution in [0.5, 0.6) is 5.88 Å². The van der Waals surface area contributed by atoms with Crippen molar-refractivity contribution in [1.82, 2.24) is 19.9 Å². The third-order valence-corrected chi connectivity index (χ3v) is 6.56. The maximum absolute atomic E-state index is 11.3. The number of ether oxygens (including phenoxy) is 1. The molecule has 3 aromatic rings. The van der Waals surface area contributed by atoms with E-state index in [0.29, 0.717) is 34.9 Å². The topological polar surface area (TPSA) is 118 Å². The van der Waals surface area contributed by atoms with E-state index in [1.54, 1.807) is 24.5 Å². The van der Waals surface area contributed by atoms with Crippen molar-refractivity contribution in [3.8, 4) is 17.7 Å². The number of anilines is 1. The Bertz CT molecular complexity index is 1260. The second-order valence-electron chi connectivity index (χ2n) is 7.88. The summed E-state index contributed by atoms with van der Waals surface area (Å²) in [5, 5.41) is 9.47. The van der Waals surface area contributed by atoms with E-state index < -0.39 is 5.91 Å². The fourth-order valence-electron chi connectivity index (χ4n) is 3.49. The van der Waals surface area contributed by atoms with Crippen LogP contribution < -0.4 is 15.4 Å². The van der Waals surface area contributed by atoms with Gasteiger partial charge in [0.05, 0.1) is 17.6 Å². The van der Waals surface area contributed by atoms with Gasteiger partial charge in [-0.1, -0.05) is 47.3 Å². The lowest BCUT2D eigenvalue weighted by atomic mass is 10.2. The number of rotatable bonds is 8. The molecule has 4 rings (SSSR count). The van der Waals surface area contributed by atoms with Gasteiger partial charge in [-0.05, 0) is 29.8 Å². The van der Waals surface area contributed by atoms with Gasteiger partial charge in [0, 0.05) is 42.3 Å². The number of carbonyl (C=O) groups excluding carboxylic acids is 1. The molecule has 3 heterocycles. The minimum Gasteiger partial charge on any atom is -0.472 e. The molecule has 2 aromatic heterocycles. The number of primary amides is 1. The number of carbonyl (C=O) groups is 1. The van der Waals surface area contributed by atoms with Crippen LogP contribution in [0.3, 0.4) is 0 Å². The second-order valence-corrected chi connectivity index (χ2v) is 9.43. The van der Waals surface area contributed by atoms with E-state index in [0.717, 1.165) is 36.6 Å². The zero-order valence-electron chi connectivity index (χ0n) is 19.4. The number of aliphatic hydroxyl groups excluding tert-OH is 1. The number of amides is 1. The molecule has 11 heteroatoms. The first-order valence-corrected chi connectivity index (χ1v) is 12.4. The molecule has 0 saturated carbocycles. The van der Waals surface area contributed by atoms with Gasteiger partial charge in [-0.15, -0.1) is 0 Å². The van der Waals surface area contributed by atoms with E-state index in [1.165, 1.54) is 11.8 Å². The van der Waals surface area contributed by atoms with E-state index in [1.807, 2.05) is 24.3 Å². The predicted octanol–water partition coefficient (Wildman–Crippen LogP) is 2.47. The van der Waals surface area contributed by atoms with Crippen molar-refractivity contribution in [2.24, 2.45) is 5.73 Å². The molecule has 3 N–H and O–H groups in total. The molecule has 0 unspecified atom stereocenters. The second kappa shape index (κ2) is 12.6. The van der Waals surface area contributed by atoms with Crippen molar-refractivity contribution in [3.63, 3.8) is 0 Å². The molecule has 9 nitrogen and oxygen atoms in total. The highest BCUT2D eigenvalue weighted by molar-refractivity contribution is 7.99. The van der Waals surface area contributed by atoms with Crippen molar-refractivity contribution >= 4 is 35.2 Å². The Kier molecular flexibility index (Phi) is 8.97. The lowest BCUT2D eigenvalue weighted by Gasteiger charge is -2.33. The smallest absolute Gasteiger partial charge is 0.267 e. The number of aromatic nitrogens is 3. The molecule has 36 heavy (non-hydrogen) atoms. The largest absolute Gasteiger partial charge is 0.472 e. The molecule has 1 aliphatic rings. The van der Waals surface area contributed by atoms with E-state index in [4.69, 9.17) is 32.2 Å². The van der Waals surface area contributed by atoms with E-state index in [2.05, 4.69) is 31.6 Å². The summed E-state index contributed by atoms with van der Waals surface area (Å²) in [5.74, 6) is 6.09. The van der Waals surface area contributed by atoms with E-state index >= 15 is 0 Å². The van der Waals surface area contributed by atoms with Gasteiger partial charge < -0.3 is 20.5 Å². The average molecular weight is 525 g/mol. The van der Waals surface area contributed by atoms with Crippen molar-refractivity contribution in [2.45, 2.75) is 16.4 Å². The van der Waals surface area contributed by atoms with Crippen molar-refractivity contribution in [3.05, 3.63) is 65.1 Å². The van der Waals surface area contributed by atoms with Crippen LogP contribution in [0.2, 0.25) is 5.02 Å². The lowest BCUT2D eigenvalue weighted by Crippen LogP contribution is -2.47. The first-order chi connectivity index (χ1) is 17.5. The molecule has 0 radical (unpaired) electrons. The monoisotopic (exact) mass is 524 g/mol. The highest BCUT2D eigenvalue weighted by atomic mass is 35.5. The minimum absolute atomic E-state index is 0.124. The Morgan fingerprint density at radius 1 is 1.14 bits per heavy atom. The average Bonchev–Trinajstić information content (AvgIpc) is 2.89. The number of benzene rings is 1.